The molecule has 1 fully saturated rings. The van der Waals surface area contributed by atoms with E-state index in [1.165, 1.54) is 11.8 Å². The van der Waals surface area contributed by atoms with Crippen molar-refractivity contribution in [3.8, 4) is 5.75 Å². The first-order valence-corrected chi connectivity index (χ1v) is 7.09. The monoisotopic (exact) mass is 302 g/mol. The SMILES string of the molecule is Cl.NC1CCN(C(=O)CSc2ccc(O)cc2)CC1. The summed E-state index contributed by atoms with van der Waals surface area (Å²) in [5.41, 5.74) is 5.81. The number of thioether (sulfide) groups is 1. The van der Waals surface area contributed by atoms with E-state index >= 15 is 0 Å². The molecule has 0 unspecified atom stereocenters. The molecule has 0 atom stereocenters. The van der Waals surface area contributed by atoms with E-state index in [2.05, 4.69) is 0 Å². The fourth-order valence-electron chi connectivity index (χ4n) is 1.93. The zero-order valence-electron chi connectivity index (χ0n) is 10.6. The van der Waals surface area contributed by atoms with Crippen molar-refractivity contribution >= 4 is 30.1 Å². The average Bonchev–Trinajstić information content (AvgIpc) is 2.38. The van der Waals surface area contributed by atoms with Crippen LogP contribution in [0.5, 0.6) is 5.75 Å². The van der Waals surface area contributed by atoms with Crippen molar-refractivity contribution in [3.05, 3.63) is 24.3 Å². The number of benzene rings is 1. The molecule has 0 radical (unpaired) electrons. The van der Waals surface area contributed by atoms with Gasteiger partial charge < -0.3 is 15.7 Å². The third kappa shape index (κ3) is 4.93. The number of carbonyl (C=O) groups excluding carboxylic acids is 1. The van der Waals surface area contributed by atoms with E-state index in [9.17, 15) is 4.79 Å². The average molecular weight is 303 g/mol. The van der Waals surface area contributed by atoms with Gasteiger partial charge in [0.05, 0.1) is 5.75 Å². The summed E-state index contributed by atoms with van der Waals surface area (Å²) >= 11 is 1.50. The number of hydrogen-bond donors (Lipinski definition) is 2. The Bertz CT molecular complexity index is 406. The summed E-state index contributed by atoms with van der Waals surface area (Å²) in [5, 5.41) is 9.17. The molecule has 3 N–H and O–H groups in total. The fraction of sp³-hybridized carbons (Fsp3) is 0.462. The number of amides is 1. The van der Waals surface area contributed by atoms with Gasteiger partial charge in [0.25, 0.3) is 0 Å². The summed E-state index contributed by atoms with van der Waals surface area (Å²) in [7, 11) is 0. The number of nitrogens with two attached hydrogens (primary N) is 1. The molecule has 1 aliphatic heterocycles. The van der Waals surface area contributed by atoms with Crippen molar-refractivity contribution in [3.63, 3.8) is 0 Å². The minimum absolute atomic E-state index is 0. The second-order valence-electron chi connectivity index (χ2n) is 4.50. The van der Waals surface area contributed by atoms with Crippen LogP contribution in [-0.4, -0.2) is 40.8 Å². The van der Waals surface area contributed by atoms with E-state index < -0.39 is 0 Å². The smallest absolute Gasteiger partial charge is 0.232 e. The van der Waals surface area contributed by atoms with Gasteiger partial charge in [0, 0.05) is 24.0 Å². The molecule has 1 aromatic carbocycles. The van der Waals surface area contributed by atoms with Crippen LogP contribution in [-0.2, 0) is 4.79 Å². The molecule has 6 heteroatoms. The molecule has 1 amide bonds. The summed E-state index contributed by atoms with van der Waals surface area (Å²) in [6, 6.07) is 7.15. The molecule has 0 aromatic heterocycles. The molecule has 0 bridgehead atoms. The first kappa shape index (κ1) is 16.1. The van der Waals surface area contributed by atoms with Crippen LogP contribution in [0.25, 0.3) is 0 Å². The minimum atomic E-state index is 0. The molecule has 0 spiro atoms. The fourth-order valence-corrected chi connectivity index (χ4v) is 2.73. The Morgan fingerprint density at radius 1 is 1.32 bits per heavy atom. The zero-order chi connectivity index (χ0) is 13.0. The molecule has 1 heterocycles. The Morgan fingerprint density at radius 3 is 2.47 bits per heavy atom. The first-order valence-electron chi connectivity index (χ1n) is 6.10. The highest BCUT2D eigenvalue weighted by Crippen LogP contribution is 2.21. The van der Waals surface area contributed by atoms with Crippen LogP contribution >= 0.6 is 24.2 Å². The third-order valence-corrected chi connectivity index (χ3v) is 4.09. The summed E-state index contributed by atoms with van der Waals surface area (Å²) in [6.45, 7) is 1.55. The lowest BCUT2D eigenvalue weighted by Gasteiger charge is -2.30. The number of halogens is 1. The van der Waals surface area contributed by atoms with Gasteiger partial charge in [-0.2, -0.15) is 0 Å². The molecular formula is C13H19ClN2O2S. The maximum Gasteiger partial charge on any atom is 0.232 e. The van der Waals surface area contributed by atoms with Crippen LogP contribution in [0.4, 0.5) is 0 Å². The summed E-state index contributed by atoms with van der Waals surface area (Å²) in [6.07, 6.45) is 1.80. The molecular weight excluding hydrogens is 284 g/mol. The van der Waals surface area contributed by atoms with Crippen molar-refractivity contribution in [2.24, 2.45) is 5.73 Å². The van der Waals surface area contributed by atoms with E-state index in [1.807, 2.05) is 17.0 Å². The van der Waals surface area contributed by atoms with Crippen molar-refractivity contribution in [2.75, 3.05) is 18.8 Å². The van der Waals surface area contributed by atoms with Crippen molar-refractivity contribution in [1.29, 1.82) is 0 Å². The molecule has 1 aromatic rings. The molecule has 19 heavy (non-hydrogen) atoms. The van der Waals surface area contributed by atoms with Gasteiger partial charge in [0.1, 0.15) is 5.75 Å². The van der Waals surface area contributed by atoms with Crippen LogP contribution in [0, 0.1) is 0 Å². The van der Waals surface area contributed by atoms with Gasteiger partial charge in [-0.05, 0) is 37.1 Å². The lowest BCUT2D eigenvalue weighted by atomic mass is 10.1. The molecule has 4 nitrogen and oxygen atoms in total. The number of nitrogens with zero attached hydrogens (tertiary/aromatic N) is 1. The van der Waals surface area contributed by atoms with Crippen molar-refractivity contribution < 1.29 is 9.90 Å². The van der Waals surface area contributed by atoms with Crippen LogP contribution in [0.15, 0.2) is 29.2 Å². The largest absolute Gasteiger partial charge is 0.508 e. The molecule has 0 saturated carbocycles. The number of aromatic hydroxyl groups is 1. The highest BCUT2D eigenvalue weighted by Gasteiger charge is 2.20. The third-order valence-electron chi connectivity index (χ3n) is 3.09. The topological polar surface area (TPSA) is 66.6 Å². The van der Waals surface area contributed by atoms with Crippen molar-refractivity contribution in [2.45, 2.75) is 23.8 Å². The summed E-state index contributed by atoms with van der Waals surface area (Å²) in [5.74, 6) is 0.857. The Labute approximate surface area is 123 Å². The lowest BCUT2D eigenvalue weighted by Crippen LogP contribution is -2.43. The number of hydrogen-bond acceptors (Lipinski definition) is 4. The van der Waals surface area contributed by atoms with Gasteiger partial charge in [-0.15, -0.1) is 24.2 Å². The van der Waals surface area contributed by atoms with Crippen molar-refractivity contribution in [1.82, 2.24) is 4.90 Å². The van der Waals surface area contributed by atoms with E-state index in [-0.39, 0.29) is 30.1 Å². The summed E-state index contributed by atoms with van der Waals surface area (Å²) in [4.78, 5) is 14.8. The Morgan fingerprint density at radius 2 is 1.89 bits per heavy atom. The van der Waals surface area contributed by atoms with Gasteiger partial charge in [-0.3, -0.25) is 4.79 Å². The van der Waals surface area contributed by atoms with Crippen LogP contribution < -0.4 is 5.73 Å². The van der Waals surface area contributed by atoms with E-state index in [1.54, 1.807) is 12.1 Å². The Hall–Kier alpha value is -0.910. The standard InChI is InChI=1S/C13H18N2O2S.ClH/c14-10-5-7-15(8-6-10)13(17)9-18-12-3-1-11(16)2-4-12;/h1-4,10,16H,5-9,14H2;1H. The van der Waals surface area contributed by atoms with Crippen LogP contribution in [0.1, 0.15) is 12.8 Å². The normalized spacial score (nSPS) is 15.9. The van der Waals surface area contributed by atoms with Gasteiger partial charge in [0.2, 0.25) is 5.91 Å². The van der Waals surface area contributed by atoms with Gasteiger partial charge in [-0.1, -0.05) is 0 Å². The van der Waals surface area contributed by atoms with E-state index in [4.69, 9.17) is 10.8 Å². The second kappa shape index (κ2) is 7.62. The number of phenolic OH excluding ortho intramolecular Hbond substituents is 1. The number of rotatable bonds is 3. The molecule has 2 rings (SSSR count). The quantitative estimate of drug-likeness (QED) is 0.836. The summed E-state index contributed by atoms with van der Waals surface area (Å²) < 4.78 is 0. The highest BCUT2D eigenvalue weighted by molar-refractivity contribution is 8.00. The number of carbonyl (C=O) groups is 1. The lowest BCUT2D eigenvalue weighted by molar-refractivity contribution is -0.129. The van der Waals surface area contributed by atoms with Gasteiger partial charge in [-0.25, -0.2) is 0 Å². The minimum Gasteiger partial charge on any atom is -0.508 e. The predicted molar refractivity (Wildman–Crippen MR) is 79.9 cm³/mol. The van der Waals surface area contributed by atoms with Crippen LogP contribution in [0.2, 0.25) is 0 Å². The Balaban J connectivity index is 0.00000180. The van der Waals surface area contributed by atoms with Gasteiger partial charge >= 0.3 is 0 Å². The zero-order valence-corrected chi connectivity index (χ0v) is 12.3. The molecule has 1 saturated heterocycles. The van der Waals surface area contributed by atoms with E-state index in [0.29, 0.717) is 5.75 Å². The molecule has 1 aliphatic rings. The van der Waals surface area contributed by atoms with Gasteiger partial charge in [0.15, 0.2) is 0 Å². The number of likely N-dealkylation sites (tertiary alicyclic amines) is 1. The highest BCUT2D eigenvalue weighted by atomic mass is 35.5. The number of piperidine rings is 1. The second-order valence-corrected chi connectivity index (χ2v) is 5.55. The maximum absolute atomic E-state index is 12.0. The first-order chi connectivity index (χ1) is 8.65. The van der Waals surface area contributed by atoms with Crippen LogP contribution in [0.3, 0.4) is 0 Å². The molecule has 106 valence electrons. The maximum atomic E-state index is 12.0. The van der Waals surface area contributed by atoms with E-state index in [0.717, 1.165) is 30.8 Å². The Kier molecular flexibility index (Phi) is 6.48. The molecule has 0 aliphatic carbocycles. The predicted octanol–water partition coefficient (Wildman–Crippen LogP) is 1.86. The number of phenols is 1.